The number of benzene rings is 1. The Morgan fingerprint density at radius 1 is 1.24 bits per heavy atom. The van der Waals surface area contributed by atoms with Crippen molar-refractivity contribution in [1.82, 2.24) is 9.80 Å². The minimum atomic E-state index is -0.470. The molecule has 1 atom stereocenters. The lowest BCUT2D eigenvalue weighted by Crippen LogP contribution is -2.46. The molecule has 0 aliphatic carbocycles. The van der Waals surface area contributed by atoms with Gasteiger partial charge in [-0.05, 0) is 30.7 Å². The molecule has 0 aromatic heterocycles. The summed E-state index contributed by atoms with van der Waals surface area (Å²) >= 11 is 0. The highest BCUT2D eigenvalue weighted by molar-refractivity contribution is 5.54. The van der Waals surface area contributed by atoms with Crippen LogP contribution >= 0.6 is 0 Å². The minimum absolute atomic E-state index is 0.470. The zero-order chi connectivity index (χ0) is 15.2. The van der Waals surface area contributed by atoms with Crippen molar-refractivity contribution in [2.45, 2.75) is 19.4 Å². The van der Waals surface area contributed by atoms with E-state index >= 15 is 0 Å². The number of aliphatic hydroxyl groups is 1. The Kier molecular flexibility index (Phi) is 5.85. The second kappa shape index (κ2) is 7.64. The highest BCUT2D eigenvalue weighted by Gasteiger charge is 2.17. The van der Waals surface area contributed by atoms with Crippen LogP contribution in [0.1, 0.15) is 25.0 Å². The zero-order valence-electron chi connectivity index (χ0n) is 13.1. The number of rotatable bonds is 6. The number of nitrogens with zero attached hydrogens (tertiary/aromatic N) is 2. The molecule has 0 amide bonds. The lowest BCUT2D eigenvalue weighted by atomic mass is 10.0. The van der Waals surface area contributed by atoms with E-state index in [1.807, 2.05) is 12.1 Å². The van der Waals surface area contributed by atoms with Gasteiger partial charge < -0.3 is 25.4 Å². The summed E-state index contributed by atoms with van der Waals surface area (Å²) in [5.74, 6) is 0.654. The van der Waals surface area contributed by atoms with Gasteiger partial charge in [0, 0.05) is 32.7 Å². The second-order valence-corrected chi connectivity index (χ2v) is 5.58. The molecule has 118 valence electrons. The molecule has 1 aliphatic heterocycles. The van der Waals surface area contributed by atoms with Crippen molar-refractivity contribution >= 4 is 5.69 Å². The summed E-state index contributed by atoms with van der Waals surface area (Å²) < 4.78 is 5.14. The third-order valence-electron chi connectivity index (χ3n) is 4.27. The summed E-state index contributed by atoms with van der Waals surface area (Å²) in [6, 6.07) is 5.50. The number of nitrogen functional groups attached to an aromatic ring is 1. The van der Waals surface area contributed by atoms with E-state index in [0.717, 1.165) is 51.3 Å². The van der Waals surface area contributed by atoms with E-state index < -0.39 is 6.10 Å². The molecule has 0 bridgehead atoms. The minimum Gasteiger partial charge on any atom is -0.495 e. The van der Waals surface area contributed by atoms with E-state index in [4.69, 9.17) is 10.5 Å². The van der Waals surface area contributed by atoms with Crippen LogP contribution < -0.4 is 10.5 Å². The van der Waals surface area contributed by atoms with Crippen molar-refractivity contribution in [3.8, 4) is 5.75 Å². The maximum absolute atomic E-state index is 10.3. The molecule has 5 heteroatoms. The van der Waals surface area contributed by atoms with Crippen LogP contribution in [0.5, 0.6) is 5.75 Å². The van der Waals surface area contributed by atoms with Gasteiger partial charge in [0.15, 0.2) is 0 Å². The Bertz CT molecular complexity index is 445. The van der Waals surface area contributed by atoms with Crippen LogP contribution in [-0.4, -0.2) is 61.3 Å². The molecule has 1 aromatic rings. The first-order valence-electron chi connectivity index (χ1n) is 7.70. The highest BCUT2D eigenvalue weighted by atomic mass is 16.5. The molecule has 3 N–H and O–H groups in total. The number of methoxy groups -OCH3 is 1. The summed E-state index contributed by atoms with van der Waals surface area (Å²) in [7, 11) is 1.59. The number of hydrogen-bond acceptors (Lipinski definition) is 5. The fraction of sp³-hybridized carbons (Fsp3) is 0.625. The zero-order valence-corrected chi connectivity index (χ0v) is 13.1. The third kappa shape index (κ3) is 4.33. The van der Waals surface area contributed by atoms with Crippen LogP contribution in [-0.2, 0) is 0 Å². The number of hydrogen-bond donors (Lipinski definition) is 2. The van der Waals surface area contributed by atoms with Crippen LogP contribution in [0.3, 0.4) is 0 Å². The van der Waals surface area contributed by atoms with Gasteiger partial charge >= 0.3 is 0 Å². The summed E-state index contributed by atoms with van der Waals surface area (Å²) in [6.45, 7) is 8.68. The average Bonchev–Trinajstić information content (AvgIpc) is 2.53. The number of aliphatic hydroxyl groups excluding tert-OH is 1. The monoisotopic (exact) mass is 293 g/mol. The predicted molar refractivity (Wildman–Crippen MR) is 85.5 cm³/mol. The summed E-state index contributed by atoms with van der Waals surface area (Å²) in [6.07, 6.45) is 0.264. The molecule has 0 saturated carbocycles. The summed E-state index contributed by atoms with van der Waals surface area (Å²) in [5.41, 5.74) is 7.32. The Morgan fingerprint density at radius 3 is 2.48 bits per heavy atom. The number of likely N-dealkylation sites (N-methyl/N-ethyl adjacent to an activating group) is 1. The second-order valence-electron chi connectivity index (χ2n) is 5.58. The number of nitrogens with two attached hydrogens (primary N) is 1. The van der Waals surface area contributed by atoms with Crippen LogP contribution in [0.25, 0.3) is 0 Å². The first kappa shape index (κ1) is 16.1. The van der Waals surface area contributed by atoms with Gasteiger partial charge in [-0.3, -0.25) is 0 Å². The van der Waals surface area contributed by atoms with Gasteiger partial charge in [0.2, 0.25) is 0 Å². The normalized spacial score (nSPS) is 18.6. The topological polar surface area (TPSA) is 62.0 Å². The van der Waals surface area contributed by atoms with Gasteiger partial charge in [0.1, 0.15) is 5.75 Å². The molecule has 1 saturated heterocycles. The van der Waals surface area contributed by atoms with Crippen molar-refractivity contribution in [2.75, 3.05) is 52.1 Å². The van der Waals surface area contributed by atoms with E-state index in [0.29, 0.717) is 11.4 Å². The van der Waals surface area contributed by atoms with Crippen molar-refractivity contribution in [3.05, 3.63) is 23.8 Å². The van der Waals surface area contributed by atoms with Gasteiger partial charge in [-0.25, -0.2) is 0 Å². The van der Waals surface area contributed by atoms with E-state index in [1.54, 1.807) is 13.2 Å². The summed E-state index contributed by atoms with van der Waals surface area (Å²) in [5, 5.41) is 10.3. The molecule has 2 rings (SSSR count). The highest BCUT2D eigenvalue weighted by Crippen LogP contribution is 2.26. The van der Waals surface area contributed by atoms with Crippen molar-refractivity contribution < 1.29 is 9.84 Å². The lowest BCUT2D eigenvalue weighted by molar-refractivity contribution is 0.105. The van der Waals surface area contributed by atoms with Crippen LogP contribution in [0.2, 0.25) is 0 Å². The maximum atomic E-state index is 10.3. The van der Waals surface area contributed by atoms with Crippen molar-refractivity contribution in [1.29, 1.82) is 0 Å². The smallest absolute Gasteiger partial charge is 0.141 e. The maximum Gasteiger partial charge on any atom is 0.141 e. The molecule has 21 heavy (non-hydrogen) atoms. The predicted octanol–water partition coefficient (Wildman–Crippen LogP) is 1.34. The van der Waals surface area contributed by atoms with E-state index in [2.05, 4.69) is 16.7 Å². The van der Waals surface area contributed by atoms with Crippen LogP contribution in [0.15, 0.2) is 18.2 Å². The number of ether oxygens (including phenoxy) is 1. The summed E-state index contributed by atoms with van der Waals surface area (Å²) in [4.78, 5) is 4.87. The largest absolute Gasteiger partial charge is 0.495 e. The van der Waals surface area contributed by atoms with Gasteiger partial charge in [0.05, 0.1) is 18.9 Å². The van der Waals surface area contributed by atoms with Gasteiger partial charge in [0.25, 0.3) is 0 Å². The SMILES string of the molecule is CCN1CCN(CCC(O)c2ccc(OC)c(N)c2)CC1. The van der Waals surface area contributed by atoms with Gasteiger partial charge in [-0.2, -0.15) is 0 Å². The molecule has 1 fully saturated rings. The molecule has 1 aliphatic rings. The molecule has 0 spiro atoms. The van der Waals surface area contributed by atoms with Gasteiger partial charge in [-0.1, -0.05) is 13.0 Å². The third-order valence-corrected chi connectivity index (χ3v) is 4.27. The van der Waals surface area contributed by atoms with Crippen molar-refractivity contribution in [2.24, 2.45) is 0 Å². The molecule has 5 nitrogen and oxygen atoms in total. The van der Waals surface area contributed by atoms with E-state index in [-0.39, 0.29) is 0 Å². The first-order chi connectivity index (χ1) is 10.1. The molecule has 0 radical (unpaired) electrons. The Morgan fingerprint density at radius 2 is 1.90 bits per heavy atom. The quantitative estimate of drug-likeness (QED) is 0.775. The Balaban J connectivity index is 1.82. The standard InChI is InChI=1S/C16H27N3O2/c1-3-18-8-10-19(11-9-18)7-6-15(20)13-4-5-16(21-2)14(17)12-13/h4-5,12,15,20H,3,6-11,17H2,1-2H3. The molecular formula is C16H27N3O2. The Labute approximate surface area is 127 Å². The molecular weight excluding hydrogens is 266 g/mol. The van der Waals surface area contributed by atoms with E-state index in [1.165, 1.54) is 0 Å². The number of piperazine rings is 1. The fourth-order valence-corrected chi connectivity index (χ4v) is 2.76. The first-order valence-corrected chi connectivity index (χ1v) is 7.70. The molecule has 1 unspecified atom stereocenters. The van der Waals surface area contributed by atoms with Crippen LogP contribution in [0.4, 0.5) is 5.69 Å². The average molecular weight is 293 g/mol. The van der Waals surface area contributed by atoms with Crippen LogP contribution in [0, 0.1) is 0 Å². The molecule has 1 aromatic carbocycles. The van der Waals surface area contributed by atoms with Gasteiger partial charge in [-0.15, -0.1) is 0 Å². The van der Waals surface area contributed by atoms with E-state index in [9.17, 15) is 5.11 Å². The lowest BCUT2D eigenvalue weighted by Gasteiger charge is -2.34. The fourth-order valence-electron chi connectivity index (χ4n) is 2.76. The van der Waals surface area contributed by atoms with Crippen molar-refractivity contribution in [3.63, 3.8) is 0 Å². The molecule has 1 heterocycles. The Hall–Kier alpha value is -1.30. The number of anilines is 1.